The van der Waals surface area contributed by atoms with Crippen molar-refractivity contribution < 1.29 is 4.92 Å². The molecule has 0 N–H and O–H groups in total. The Hall–Kier alpha value is -0.780. The molecule has 0 amide bonds. The molecule has 1 unspecified atom stereocenters. The number of thioether (sulfide) groups is 1. The third kappa shape index (κ3) is 2.56. The summed E-state index contributed by atoms with van der Waals surface area (Å²) in [5.41, 5.74) is 1.00. The molecule has 17 heavy (non-hydrogen) atoms. The molecule has 0 spiro atoms. The van der Waals surface area contributed by atoms with Gasteiger partial charge in [-0.05, 0) is 28.8 Å². The minimum Gasteiger partial charge on any atom is -0.264 e. The Kier molecular flexibility index (Phi) is 3.61. The summed E-state index contributed by atoms with van der Waals surface area (Å²) in [4.78, 5) is 14.2. The lowest BCUT2D eigenvalue weighted by Gasteiger charge is -2.08. The predicted octanol–water partition coefficient (Wildman–Crippen LogP) is 3.28. The minimum atomic E-state index is -2.13. The minimum absolute atomic E-state index is 0.118. The van der Waals surface area contributed by atoms with Crippen LogP contribution in [0.2, 0.25) is 0 Å². The van der Waals surface area contributed by atoms with E-state index in [9.17, 15) is 10.1 Å². The molecule has 4 nitrogen and oxygen atoms in total. The van der Waals surface area contributed by atoms with Crippen LogP contribution in [0.1, 0.15) is 11.6 Å². The number of nitrogens with zero attached hydrogens (tertiary/aromatic N) is 2. The summed E-state index contributed by atoms with van der Waals surface area (Å²) >= 11 is 12.5. The summed E-state index contributed by atoms with van der Waals surface area (Å²) in [5.74, 6) is 0.619. The van der Waals surface area contributed by atoms with Crippen molar-refractivity contribution in [3.8, 4) is 0 Å². The standard InChI is InChI=1S/C10H8Cl2N2O2S/c11-10(12,14(15)16)9-13-8(6-17-9)7-4-2-1-3-5-7/h1-5,8H,6H2. The lowest BCUT2D eigenvalue weighted by atomic mass is 10.1. The molecular formula is C10H8Cl2N2O2S. The van der Waals surface area contributed by atoms with Crippen LogP contribution in [0.4, 0.5) is 0 Å². The van der Waals surface area contributed by atoms with Crippen molar-refractivity contribution in [2.75, 3.05) is 5.75 Å². The summed E-state index contributed by atoms with van der Waals surface area (Å²) in [6.45, 7) is 0. The fraction of sp³-hybridized carbons (Fsp3) is 0.300. The van der Waals surface area contributed by atoms with Gasteiger partial charge in [-0.3, -0.25) is 15.1 Å². The maximum atomic E-state index is 10.7. The first kappa shape index (κ1) is 12.7. The van der Waals surface area contributed by atoms with Crippen LogP contribution in [-0.2, 0) is 0 Å². The molecule has 90 valence electrons. The number of nitro groups is 1. The van der Waals surface area contributed by atoms with Crippen molar-refractivity contribution >= 4 is 40.0 Å². The zero-order valence-electron chi connectivity index (χ0n) is 8.55. The van der Waals surface area contributed by atoms with Crippen LogP contribution in [0.25, 0.3) is 0 Å². The van der Waals surface area contributed by atoms with Gasteiger partial charge in [0.05, 0.1) is 11.0 Å². The van der Waals surface area contributed by atoms with Crippen molar-refractivity contribution in [2.24, 2.45) is 4.99 Å². The van der Waals surface area contributed by atoms with E-state index in [0.29, 0.717) is 5.75 Å². The van der Waals surface area contributed by atoms with Crippen molar-refractivity contribution in [2.45, 2.75) is 10.5 Å². The highest BCUT2D eigenvalue weighted by atomic mass is 35.5. The summed E-state index contributed by atoms with van der Waals surface area (Å²) < 4.78 is -2.13. The molecule has 1 aliphatic heterocycles. The van der Waals surface area contributed by atoms with Gasteiger partial charge >= 0.3 is 4.46 Å². The van der Waals surface area contributed by atoms with Gasteiger partial charge in [0, 0.05) is 5.75 Å². The van der Waals surface area contributed by atoms with E-state index in [1.807, 2.05) is 30.3 Å². The molecule has 1 aromatic rings. The topological polar surface area (TPSA) is 55.5 Å². The van der Waals surface area contributed by atoms with E-state index in [2.05, 4.69) is 4.99 Å². The normalized spacial score (nSPS) is 20.1. The molecule has 1 heterocycles. The zero-order valence-corrected chi connectivity index (χ0v) is 10.9. The highest BCUT2D eigenvalue weighted by Crippen LogP contribution is 2.39. The fourth-order valence-electron chi connectivity index (χ4n) is 1.46. The number of aliphatic imine (C=N–C) groups is 1. The second-order valence-corrected chi connectivity index (χ2v) is 5.77. The summed E-state index contributed by atoms with van der Waals surface area (Å²) in [6.07, 6.45) is 0. The molecule has 0 aromatic heterocycles. The van der Waals surface area contributed by atoms with Gasteiger partial charge in [-0.1, -0.05) is 42.1 Å². The molecular weight excluding hydrogens is 283 g/mol. The van der Waals surface area contributed by atoms with E-state index in [1.54, 1.807) is 0 Å². The Morgan fingerprint density at radius 3 is 2.65 bits per heavy atom. The first-order valence-electron chi connectivity index (χ1n) is 4.80. The number of alkyl halides is 2. The summed E-state index contributed by atoms with van der Waals surface area (Å²) in [6, 6.07) is 9.43. The lowest BCUT2D eigenvalue weighted by Crippen LogP contribution is -2.32. The maximum Gasteiger partial charge on any atom is 0.418 e. The van der Waals surface area contributed by atoms with Gasteiger partial charge in [0.15, 0.2) is 5.04 Å². The van der Waals surface area contributed by atoms with Crippen LogP contribution in [0.3, 0.4) is 0 Å². The summed E-state index contributed by atoms with van der Waals surface area (Å²) in [5, 5.41) is 10.9. The molecule has 0 saturated carbocycles. The number of rotatable bonds is 3. The monoisotopic (exact) mass is 290 g/mol. The SMILES string of the molecule is O=[N+]([O-])C(Cl)(Cl)C1=NC(c2ccccc2)CS1. The van der Waals surface area contributed by atoms with Crippen molar-refractivity contribution in [1.82, 2.24) is 0 Å². The van der Waals surface area contributed by atoms with Gasteiger partial charge in [-0.2, -0.15) is 0 Å². The number of halogens is 2. The molecule has 1 aromatic carbocycles. The number of hydrogen-bond donors (Lipinski definition) is 0. The second-order valence-electron chi connectivity index (χ2n) is 3.47. The van der Waals surface area contributed by atoms with E-state index in [4.69, 9.17) is 23.2 Å². The van der Waals surface area contributed by atoms with Crippen LogP contribution in [0, 0.1) is 10.1 Å². The average Bonchev–Trinajstić information content (AvgIpc) is 2.80. The van der Waals surface area contributed by atoms with Gasteiger partial charge in [0.1, 0.15) is 0 Å². The summed E-state index contributed by atoms with van der Waals surface area (Å²) in [7, 11) is 0. The van der Waals surface area contributed by atoms with Crippen molar-refractivity contribution in [1.29, 1.82) is 0 Å². The first-order chi connectivity index (χ1) is 8.01. The van der Waals surface area contributed by atoms with Crippen LogP contribution in [0.15, 0.2) is 35.3 Å². The molecule has 7 heteroatoms. The van der Waals surface area contributed by atoms with Gasteiger partial charge in [0.2, 0.25) is 0 Å². The van der Waals surface area contributed by atoms with E-state index in [-0.39, 0.29) is 11.1 Å². The number of benzene rings is 1. The van der Waals surface area contributed by atoms with Crippen LogP contribution in [-0.4, -0.2) is 20.2 Å². The fourth-order valence-corrected chi connectivity index (χ4v) is 2.92. The Balaban J connectivity index is 2.23. The van der Waals surface area contributed by atoms with E-state index in [0.717, 1.165) is 5.56 Å². The maximum absolute atomic E-state index is 10.7. The Morgan fingerprint density at radius 1 is 1.41 bits per heavy atom. The van der Waals surface area contributed by atoms with Crippen molar-refractivity contribution in [3.63, 3.8) is 0 Å². The molecule has 2 rings (SSSR count). The smallest absolute Gasteiger partial charge is 0.264 e. The largest absolute Gasteiger partial charge is 0.418 e. The highest BCUT2D eigenvalue weighted by molar-refractivity contribution is 8.14. The molecule has 0 saturated heterocycles. The zero-order chi connectivity index (χ0) is 12.5. The third-order valence-electron chi connectivity index (χ3n) is 2.32. The average molecular weight is 291 g/mol. The Morgan fingerprint density at radius 2 is 2.06 bits per heavy atom. The predicted molar refractivity (Wildman–Crippen MR) is 70.5 cm³/mol. The van der Waals surface area contributed by atoms with Gasteiger partial charge < -0.3 is 0 Å². The quantitative estimate of drug-likeness (QED) is 0.371. The van der Waals surface area contributed by atoms with Gasteiger partial charge in [-0.25, -0.2) is 0 Å². The Bertz CT molecular complexity index is 465. The van der Waals surface area contributed by atoms with Gasteiger partial charge in [-0.15, -0.1) is 0 Å². The van der Waals surface area contributed by atoms with E-state index < -0.39 is 9.38 Å². The highest BCUT2D eigenvalue weighted by Gasteiger charge is 2.47. The second kappa shape index (κ2) is 4.84. The molecule has 0 aliphatic carbocycles. The third-order valence-corrected chi connectivity index (χ3v) is 4.34. The Labute approximate surface area is 112 Å². The molecule has 1 aliphatic rings. The molecule has 0 bridgehead atoms. The van der Waals surface area contributed by atoms with Crippen LogP contribution < -0.4 is 0 Å². The van der Waals surface area contributed by atoms with Crippen LogP contribution in [0.5, 0.6) is 0 Å². The molecule has 0 radical (unpaired) electrons. The van der Waals surface area contributed by atoms with Gasteiger partial charge in [0.25, 0.3) is 0 Å². The molecule has 0 fully saturated rings. The molecule has 1 atom stereocenters. The lowest BCUT2D eigenvalue weighted by molar-refractivity contribution is -0.495. The van der Waals surface area contributed by atoms with E-state index >= 15 is 0 Å². The van der Waals surface area contributed by atoms with Crippen LogP contribution >= 0.6 is 35.0 Å². The van der Waals surface area contributed by atoms with E-state index in [1.165, 1.54) is 11.8 Å². The van der Waals surface area contributed by atoms with Crippen molar-refractivity contribution in [3.05, 3.63) is 46.0 Å². The first-order valence-corrected chi connectivity index (χ1v) is 6.54. The number of hydrogen-bond acceptors (Lipinski definition) is 4.